The smallest absolute Gasteiger partial charge is 0.271 e. The molecule has 5 nitrogen and oxygen atoms in total. The van der Waals surface area contributed by atoms with Crippen molar-refractivity contribution in [3.05, 3.63) is 93.5 Å². The number of hydrogen-bond donors (Lipinski definition) is 1. The minimum absolute atomic E-state index is 0.327. The second kappa shape index (κ2) is 9.96. The molecule has 3 aromatic carbocycles. The first-order chi connectivity index (χ1) is 14.0. The van der Waals surface area contributed by atoms with E-state index in [-0.39, 0.29) is 5.91 Å². The SMILES string of the molecule is COc1cc(/C=N/NC(=O)c2ccc(Cl)cc2)ccc1OCc1cccc(Cl)c1. The second-order valence-electron chi connectivity index (χ2n) is 6.03. The lowest BCUT2D eigenvalue weighted by molar-refractivity contribution is 0.0955. The van der Waals surface area contributed by atoms with Gasteiger partial charge < -0.3 is 9.47 Å². The number of carbonyl (C=O) groups is 1. The Balaban J connectivity index is 1.62. The van der Waals surface area contributed by atoms with Crippen LogP contribution in [-0.2, 0) is 6.61 Å². The van der Waals surface area contributed by atoms with Crippen LogP contribution in [0.15, 0.2) is 71.8 Å². The lowest BCUT2D eigenvalue weighted by Gasteiger charge is -2.11. The molecule has 0 spiro atoms. The Labute approximate surface area is 178 Å². The number of rotatable bonds is 7. The first-order valence-corrected chi connectivity index (χ1v) is 9.45. The minimum atomic E-state index is -0.327. The summed E-state index contributed by atoms with van der Waals surface area (Å²) in [5, 5.41) is 5.20. The molecule has 0 bridgehead atoms. The van der Waals surface area contributed by atoms with Gasteiger partial charge in [0.15, 0.2) is 11.5 Å². The lowest BCUT2D eigenvalue weighted by Crippen LogP contribution is -2.17. The van der Waals surface area contributed by atoms with Crippen molar-refractivity contribution >= 4 is 35.3 Å². The van der Waals surface area contributed by atoms with Crippen molar-refractivity contribution < 1.29 is 14.3 Å². The maximum atomic E-state index is 12.0. The van der Waals surface area contributed by atoms with Gasteiger partial charge in [-0.05, 0) is 65.7 Å². The summed E-state index contributed by atoms with van der Waals surface area (Å²) in [6.07, 6.45) is 1.52. The van der Waals surface area contributed by atoms with Gasteiger partial charge in [-0.3, -0.25) is 4.79 Å². The van der Waals surface area contributed by atoms with Crippen LogP contribution in [-0.4, -0.2) is 19.2 Å². The van der Waals surface area contributed by atoms with Crippen molar-refractivity contribution in [3.63, 3.8) is 0 Å². The average Bonchev–Trinajstić information content (AvgIpc) is 2.73. The lowest BCUT2D eigenvalue weighted by atomic mass is 10.2. The highest BCUT2D eigenvalue weighted by Crippen LogP contribution is 2.28. The molecule has 0 saturated heterocycles. The number of methoxy groups -OCH3 is 1. The third-order valence-electron chi connectivity index (χ3n) is 3.96. The molecule has 0 aliphatic carbocycles. The predicted molar refractivity (Wildman–Crippen MR) is 115 cm³/mol. The number of amides is 1. The molecule has 0 saturated carbocycles. The van der Waals surface area contributed by atoms with Crippen molar-refractivity contribution in [1.29, 1.82) is 0 Å². The molecule has 0 atom stereocenters. The van der Waals surface area contributed by atoms with Gasteiger partial charge in [-0.25, -0.2) is 5.43 Å². The van der Waals surface area contributed by atoms with E-state index in [1.54, 1.807) is 43.5 Å². The molecule has 1 N–H and O–H groups in total. The second-order valence-corrected chi connectivity index (χ2v) is 6.91. The molecule has 3 rings (SSSR count). The first-order valence-electron chi connectivity index (χ1n) is 8.69. The minimum Gasteiger partial charge on any atom is -0.493 e. The van der Waals surface area contributed by atoms with Crippen molar-refractivity contribution in [2.75, 3.05) is 7.11 Å². The van der Waals surface area contributed by atoms with Gasteiger partial charge >= 0.3 is 0 Å². The van der Waals surface area contributed by atoms with Gasteiger partial charge in [-0.1, -0.05) is 35.3 Å². The van der Waals surface area contributed by atoms with Crippen LogP contribution in [0.3, 0.4) is 0 Å². The van der Waals surface area contributed by atoms with Crippen molar-refractivity contribution in [1.82, 2.24) is 5.43 Å². The fourth-order valence-electron chi connectivity index (χ4n) is 2.50. The summed E-state index contributed by atoms with van der Waals surface area (Å²) in [5.41, 5.74) is 4.64. The summed E-state index contributed by atoms with van der Waals surface area (Å²) >= 11 is 11.8. The number of hydrogen-bond acceptors (Lipinski definition) is 4. The Bertz CT molecular complexity index is 1020. The summed E-state index contributed by atoms with van der Waals surface area (Å²) in [7, 11) is 1.56. The monoisotopic (exact) mass is 428 g/mol. The number of nitrogens with zero attached hydrogens (tertiary/aromatic N) is 1. The molecule has 148 valence electrons. The topological polar surface area (TPSA) is 59.9 Å². The van der Waals surface area contributed by atoms with Gasteiger partial charge in [0.25, 0.3) is 5.91 Å². The quantitative estimate of drug-likeness (QED) is 0.407. The molecule has 1 amide bonds. The molecule has 0 aliphatic rings. The largest absolute Gasteiger partial charge is 0.493 e. The van der Waals surface area contributed by atoms with E-state index in [4.69, 9.17) is 32.7 Å². The van der Waals surface area contributed by atoms with Crippen LogP contribution < -0.4 is 14.9 Å². The van der Waals surface area contributed by atoms with E-state index >= 15 is 0 Å². The van der Waals surface area contributed by atoms with Crippen LogP contribution in [0.4, 0.5) is 0 Å². The summed E-state index contributed by atoms with van der Waals surface area (Å²) in [6, 6.07) is 19.4. The highest BCUT2D eigenvalue weighted by atomic mass is 35.5. The van der Waals surface area contributed by atoms with Crippen LogP contribution >= 0.6 is 23.2 Å². The van der Waals surface area contributed by atoms with Crippen LogP contribution in [0, 0.1) is 0 Å². The number of benzene rings is 3. The number of nitrogens with one attached hydrogen (secondary N) is 1. The van der Waals surface area contributed by atoms with Crippen LogP contribution in [0.2, 0.25) is 10.0 Å². The molecular formula is C22H18Cl2N2O3. The van der Waals surface area contributed by atoms with E-state index in [1.165, 1.54) is 6.21 Å². The zero-order valence-corrected chi connectivity index (χ0v) is 17.1. The standard InChI is InChI=1S/C22H18Cl2N2O3/c1-28-21-12-15(13-25-26-22(27)17-6-8-18(23)9-7-17)5-10-20(21)29-14-16-3-2-4-19(24)11-16/h2-13H,14H2,1H3,(H,26,27)/b25-13+. The summed E-state index contributed by atoms with van der Waals surface area (Å²) in [6.45, 7) is 0.363. The van der Waals surface area contributed by atoms with E-state index < -0.39 is 0 Å². The average molecular weight is 429 g/mol. The Kier molecular flexibility index (Phi) is 7.11. The summed E-state index contributed by atoms with van der Waals surface area (Å²) < 4.78 is 11.2. The van der Waals surface area contributed by atoms with Crippen LogP contribution in [0.25, 0.3) is 0 Å². The molecule has 0 heterocycles. The number of halogens is 2. The van der Waals surface area contributed by atoms with Crippen molar-refractivity contribution in [3.8, 4) is 11.5 Å². The van der Waals surface area contributed by atoms with Crippen molar-refractivity contribution in [2.45, 2.75) is 6.61 Å². The zero-order valence-electron chi connectivity index (χ0n) is 15.6. The molecule has 0 aliphatic heterocycles. The summed E-state index contributed by atoms with van der Waals surface area (Å²) in [4.78, 5) is 12.0. The Hall–Kier alpha value is -3.02. The van der Waals surface area contributed by atoms with Gasteiger partial charge in [0.2, 0.25) is 0 Å². The van der Waals surface area contributed by atoms with Gasteiger partial charge in [0.1, 0.15) is 6.61 Å². The third-order valence-corrected chi connectivity index (χ3v) is 4.44. The molecule has 29 heavy (non-hydrogen) atoms. The van der Waals surface area contributed by atoms with Gasteiger partial charge in [-0.15, -0.1) is 0 Å². The van der Waals surface area contributed by atoms with E-state index in [0.29, 0.717) is 33.7 Å². The molecule has 0 aromatic heterocycles. The van der Waals surface area contributed by atoms with Gasteiger partial charge in [-0.2, -0.15) is 5.10 Å². The number of carbonyl (C=O) groups excluding carboxylic acids is 1. The van der Waals surface area contributed by atoms with Gasteiger partial charge in [0, 0.05) is 15.6 Å². The predicted octanol–water partition coefficient (Wildman–Crippen LogP) is 5.34. The molecule has 0 unspecified atom stereocenters. The highest BCUT2D eigenvalue weighted by molar-refractivity contribution is 6.30. The molecule has 0 radical (unpaired) electrons. The fourth-order valence-corrected chi connectivity index (χ4v) is 2.84. The Morgan fingerprint density at radius 1 is 1.00 bits per heavy atom. The van der Waals surface area contributed by atoms with E-state index in [2.05, 4.69) is 10.5 Å². The summed E-state index contributed by atoms with van der Waals surface area (Å²) in [5.74, 6) is 0.821. The molecule has 7 heteroatoms. The number of hydrazone groups is 1. The molecule has 3 aromatic rings. The molecule has 0 fully saturated rings. The fraction of sp³-hybridized carbons (Fsp3) is 0.0909. The van der Waals surface area contributed by atoms with E-state index in [0.717, 1.165) is 11.1 Å². The van der Waals surface area contributed by atoms with Crippen LogP contribution in [0.5, 0.6) is 11.5 Å². The maximum Gasteiger partial charge on any atom is 0.271 e. The Morgan fingerprint density at radius 2 is 1.79 bits per heavy atom. The van der Waals surface area contributed by atoms with Crippen molar-refractivity contribution in [2.24, 2.45) is 5.10 Å². The van der Waals surface area contributed by atoms with Crippen LogP contribution in [0.1, 0.15) is 21.5 Å². The maximum absolute atomic E-state index is 12.0. The molecular weight excluding hydrogens is 411 g/mol. The number of ether oxygens (including phenoxy) is 2. The van der Waals surface area contributed by atoms with E-state index in [1.807, 2.05) is 30.3 Å². The highest BCUT2D eigenvalue weighted by Gasteiger charge is 2.07. The van der Waals surface area contributed by atoms with Gasteiger partial charge in [0.05, 0.1) is 13.3 Å². The van der Waals surface area contributed by atoms with E-state index in [9.17, 15) is 4.79 Å². The zero-order chi connectivity index (χ0) is 20.6. The Morgan fingerprint density at radius 3 is 2.52 bits per heavy atom. The third kappa shape index (κ3) is 5.98. The first kappa shape index (κ1) is 20.7. The normalized spacial score (nSPS) is 10.7.